The zero-order valence-electron chi connectivity index (χ0n) is 14.7. The number of anilines is 2. The highest BCUT2D eigenvalue weighted by Crippen LogP contribution is 2.21. The van der Waals surface area contributed by atoms with Gasteiger partial charge in [0.05, 0.1) is 4.90 Å². The van der Waals surface area contributed by atoms with E-state index in [1.807, 2.05) is 44.1 Å². The van der Waals surface area contributed by atoms with Crippen molar-refractivity contribution in [1.29, 1.82) is 0 Å². The van der Waals surface area contributed by atoms with Crippen LogP contribution in [0.3, 0.4) is 0 Å². The second-order valence-corrected chi connectivity index (χ2v) is 8.02. The average Bonchev–Trinajstić information content (AvgIpc) is 2.53. The standard InChI is InChI=1S/C17H24N4O2S/c1-6-14-11-16(20-17(19-14)21(3)4)18-12(2)13-7-9-15(10-8-13)24(5,22)23/h7-12H,6H2,1-5H3,(H,18,19,20)/t12-/m1/s1. The first-order valence-electron chi connectivity index (χ1n) is 7.82. The molecule has 24 heavy (non-hydrogen) atoms. The third-order valence-electron chi connectivity index (χ3n) is 3.70. The van der Waals surface area contributed by atoms with Gasteiger partial charge in [-0.05, 0) is 31.0 Å². The maximum absolute atomic E-state index is 11.5. The van der Waals surface area contributed by atoms with Gasteiger partial charge in [0.2, 0.25) is 5.95 Å². The highest BCUT2D eigenvalue weighted by Gasteiger charge is 2.12. The molecule has 2 aromatic rings. The van der Waals surface area contributed by atoms with Crippen LogP contribution in [0, 0.1) is 0 Å². The van der Waals surface area contributed by atoms with Gasteiger partial charge in [0.15, 0.2) is 9.84 Å². The van der Waals surface area contributed by atoms with Crippen molar-refractivity contribution < 1.29 is 8.42 Å². The minimum Gasteiger partial charge on any atom is -0.363 e. The molecule has 0 saturated heterocycles. The van der Waals surface area contributed by atoms with Crippen LogP contribution >= 0.6 is 0 Å². The number of rotatable bonds is 6. The van der Waals surface area contributed by atoms with Crippen LogP contribution in [0.25, 0.3) is 0 Å². The van der Waals surface area contributed by atoms with E-state index in [4.69, 9.17) is 0 Å². The van der Waals surface area contributed by atoms with E-state index in [1.54, 1.807) is 12.1 Å². The first-order valence-corrected chi connectivity index (χ1v) is 9.71. The smallest absolute Gasteiger partial charge is 0.226 e. The summed E-state index contributed by atoms with van der Waals surface area (Å²) in [4.78, 5) is 11.2. The quantitative estimate of drug-likeness (QED) is 0.865. The number of sulfone groups is 1. The normalized spacial score (nSPS) is 12.7. The molecule has 0 spiro atoms. The number of aryl methyl sites for hydroxylation is 1. The molecule has 0 unspecified atom stereocenters. The van der Waals surface area contributed by atoms with Gasteiger partial charge in [-0.15, -0.1) is 0 Å². The Bertz CT molecular complexity index is 802. The zero-order chi connectivity index (χ0) is 17.9. The molecule has 1 aromatic carbocycles. The van der Waals surface area contributed by atoms with Crippen molar-refractivity contribution in [1.82, 2.24) is 9.97 Å². The second-order valence-electron chi connectivity index (χ2n) is 6.00. The van der Waals surface area contributed by atoms with Gasteiger partial charge >= 0.3 is 0 Å². The lowest BCUT2D eigenvalue weighted by Crippen LogP contribution is -2.16. The molecule has 0 aliphatic heterocycles. The highest BCUT2D eigenvalue weighted by atomic mass is 32.2. The molecular weight excluding hydrogens is 324 g/mol. The van der Waals surface area contributed by atoms with Gasteiger partial charge in [-0.3, -0.25) is 0 Å². The Kier molecular flexibility index (Phi) is 5.43. The number of benzene rings is 1. The molecule has 1 N–H and O–H groups in total. The van der Waals surface area contributed by atoms with Crippen LogP contribution in [-0.2, 0) is 16.3 Å². The Morgan fingerprint density at radius 3 is 2.29 bits per heavy atom. The Morgan fingerprint density at radius 1 is 1.17 bits per heavy atom. The summed E-state index contributed by atoms with van der Waals surface area (Å²) < 4.78 is 23.1. The number of nitrogens with one attached hydrogen (secondary N) is 1. The molecule has 0 fully saturated rings. The Labute approximate surface area is 143 Å². The molecule has 0 radical (unpaired) electrons. The highest BCUT2D eigenvalue weighted by molar-refractivity contribution is 7.90. The summed E-state index contributed by atoms with van der Waals surface area (Å²) in [6.07, 6.45) is 2.04. The molecule has 1 heterocycles. The molecule has 7 heteroatoms. The summed E-state index contributed by atoms with van der Waals surface area (Å²) in [5.74, 6) is 1.42. The van der Waals surface area contributed by atoms with Gasteiger partial charge in [0.1, 0.15) is 5.82 Å². The van der Waals surface area contributed by atoms with E-state index in [1.165, 1.54) is 6.26 Å². The largest absolute Gasteiger partial charge is 0.363 e. The maximum Gasteiger partial charge on any atom is 0.226 e. The van der Waals surface area contributed by atoms with Crippen molar-refractivity contribution in [2.45, 2.75) is 31.2 Å². The van der Waals surface area contributed by atoms with E-state index in [0.717, 1.165) is 23.5 Å². The van der Waals surface area contributed by atoms with Crippen molar-refractivity contribution in [2.24, 2.45) is 0 Å². The van der Waals surface area contributed by atoms with Crippen LogP contribution in [0.1, 0.15) is 31.1 Å². The van der Waals surface area contributed by atoms with Crippen molar-refractivity contribution >= 4 is 21.6 Å². The minimum absolute atomic E-state index is 0.00627. The maximum atomic E-state index is 11.5. The van der Waals surface area contributed by atoms with Gasteiger partial charge in [-0.2, -0.15) is 4.98 Å². The zero-order valence-corrected chi connectivity index (χ0v) is 15.6. The average molecular weight is 348 g/mol. The topological polar surface area (TPSA) is 75.2 Å². The van der Waals surface area contributed by atoms with Crippen molar-refractivity contribution in [2.75, 3.05) is 30.6 Å². The van der Waals surface area contributed by atoms with Gasteiger partial charge in [-0.25, -0.2) is 13.4 Å². The third-order valence-corrected chi connectivity index (χ3v) is 4.83. The molecule has 0 aliphatic carbocycles. The van der Waals surface area contributed by atoms with Gasteiger partial charge in [0.25, 0.3) is 0 Å². The van der Waals surface area contributed by atoms with Crippen molar-refractivity contribution in [3.8, 4) is 0 Å². The van der Waals surface area contributed by atoms with E-state index in [2.05, 4.69) is 22.2 Å². The van der Waals surface area contributed by atoms with E-state index < -0.39 is 9.84 Å². The number of nitrogens with zero attached hydrogens (tertiary/aromatic N) is 3. The third kappa shape index (κ3) is 4.44. The number of aromatic nitrogens is 2. The van der Waals surface area contributed by atoms with Crippen LogP contribution < -0.4 is 10.2 Å². The molecule has 1 aromatic heterocycles. The summed E-state index contributed by atoms with van der Waals surface area (Å²) in [6, 6.07) is 8.84. The lowest BCUT2D eigenvalue weighted by atomic mass is 10.1. The van der Waals surface area contributed by atoms with Crippen LogP contribution in [0.2, 0.25) is 0 Å². The van der Waals surface area contributed by atoms with Crippen LogP contribution in [0.15, 0.2) is 35.2 Å². The first-order chi connectivity index (χ1) is 11.2. The minimum atomic E-state index is -3.17. The van der Waals surface area contributed by atoms with Gasteiger partial charge in [-0.1, -0.05) is 19.1 Å². The lowest BCUT2D eigenvalue weighted by molar-refractivity contribution is 0.602. The molecule has 0 bridgehead atoms. The molecule has 2 rings (SSSR count). The van der Waals surface area contributed by atoms with E-state index >= 15 is 0 Å². The first kappa shape index (κ1) is 18.2. The fourth-order valence-corrected chi connectivity index (χ4v) is 2.88. The summed E-state index contributed by atoms with van der Waals surface area (Å²) in [6.45, 7) is 4.07. The predicted octanol–water partition coefficient (Wildman–Crippen LogP) is 2.68. The molecule has 0 amide bonds. The Hall–Kier alpha value is -2.15. The van der Waals surface area contributed by atoms with Crippen LogP contribution in [0.5, 0.6) is 0 Å². The second kappa shape index (κ2) is 7.17. The number of hydrogen-bond acceptors (Lipinski definition) is 6. The summed E-state index contributed by atoms with van der Waals surface area (Å²) in [5, 5.41) is 3.36. The van der Waals surface area contributed by atoms with E-state index in [9.17, 15) is 8.42 Å². The SMILES string of the molecule is CCc1cc(N[C@H](C)c2ccc(S(C)(=O)=O)cc2)nc(N(C)C)n1. The Morgan fingerprint density at radius 2 is 1.79 bits per heavy atom. The summed E-state index contributed by atoms with van der Waals surface area (Å²) in [7, 11) is 0.642. The fraction of sp³-hybridized carbons (Fsp3) is 0.412. The molecule has 1 atom stereocenters. The monoisotopic (exact) mass is 348 g/mol. The van der Waals surface area contributed by atoms with Gasteiger partial charge < -0.3 is 10.2 Å². The molecule has 130 valence electrons. The van der Waals surface area contributed by atoms with Crippen LogP contribution in [0.4, 0.5) is 11.8 Å². The predicted molar refractivity (Wildman–Crippen MR) is 97.3 cm³/mol. The molecule has 0 saturated carbocycles. The Balaban J connectivity index is 2.23. The molecule has 0 aliphatic rings. The van der Waals surface area contributed by atoms with Crippen LogP contribution in [-0.4, -0.2) is 38.7 Å². The number of hydrogen-bond donors (Lipinski definition) is 1. The summed E-state index contributed by atoms with van der Waals surface area (Å²) in [5.41, 5.74) is 1.96. The van der Waals surface area contributed by atoms with Crippen molar-refractivity contribution in [3.63, 3.8) is 0 Å². The summed E-state index contributed by atoms with van der Waals surface area (Å²) >= 11 is 0. The van der Waals surface area contributed by atoms with E-state index in [-0.39, 0.29) is 6.04 Å². The molecular formula is C17H24N4O2S. The van der Waals surface area contributed by atoms with Crippen molar-refractivity contribution in [3.05, 3.63) is 41.6 Å². The fourth-order valence-electron chi connectivity index (χ4n) is 2.25. The van der Waals surface area contributed by atoms with E-state index in [0.29, 0.717) is 10.8 Å². The lowest BCUT2D eigenvalue weighted by Gasteiger charge is -2.18. The molecule has 6 nitrogen and oxygen atoms in total. The van der Waals surface area contributed by atoms with Gasteiger partial charge in [0, 0.05) is 38.2 Å².